The second-order valence-corrected chi connectivity index (χ2v) is 19.6. The first-order valence-corrected chi connectivity index (χ1v) is 24.1. The molecule has 4 rings (SSSR count). The monoisotopic (exact) mass is 955 g/mol. The van der Waals surface area contributed by atoms with Crippen molar-refractivity contribution in [1.29, 1.82) is 0 Å². The summed E-state index contributed by atoms with van der Waals surface area (Å²) < 4.78 is 26.4. The molecule has 18 heteroatoms. The molecule has 2 fully saturated rings. The molecule has 0 spiro atoms. The number of imide groups is 1. The maximum absolute atomic E-state index is 14.6. The molecule has 0 radical (unpaired) electrons. The highest BCUT2D eigenvalue weighted by molar-refractivity contribution is 6.12. The van der Waals surface area contributed by atoms with Crippen LogP contribution in [0.5, 0.6) is 0 Å². The third kappa shape index (κ3) is 13.5. The molecule has 2 heterocycles. The van der Waals surface area contributed by atoms with Crippen molar-refractivity contribution in [1.82, 2.24) is 30.2 Å². The molecule has 2 aliphatic heterocycles. The summed E-state index contributed by atoms with van der Waals surface area (Å²) in [7, 11) is 6.16. The van der Waals surface area contributed by atoms with Gasteiger partial charge in [0.2, 0.25) is 29.5 Å². The Morgan fingerprint density at radius 2 is 1.50 bits per heavy atom. The van der Waals surface area contributed by atoms with Gasteiger partial charge in [-0.05, 0) is 61.0 Å². The third-order valence-electron chi connectivity index (χ3n) is 14.2. The van der Waals surface area contributed by atoms with E-state index in [0.717, 1.165) is 11.3 Å². The lowest BCUT2D eigenvalue weighted by Crippen LogP contribution is -2.60. The van der Waals surface area contributed by atoms with Crippen LogP contribution in [0.3, 0.4) is 0 Å². The number of unbranched alkanes of at least 4 members (excludes halogenated alkanes) is 2. The molecule has 378 valence electrons. The largest absolute Gasteiger partial charge is 0.480 e. The molecule has 17 nitrogen and oxygen atoms in total. The Labute approximate surface area is 400 Å². The van der Waals surface area contributed by atoms with Gasteiger partial charge < -0.3 is 39.9 Å². The van der Waals surface area contributed by atoms with Gasteiger partial charge in [-0.25, -0.2) is 9.18 Å². The number of carboxylic acid groups (broad SMARTS) is 1. The molecular weight excluding hydrogens is 880 g/mol. The van der Waals surface area contributed by atoms with Gasteiger partial charge in [0.25, 0.3) is 11.8 Å². The van der Waals surface area contributed by atoms with E-state index in [-0.39, 0.29) is 90.6 Å². The van der Waals surface area contributed by atoms with Crippen molar-refractivity contribution < 1.29 is 57.3 Å². The van der Waals surface area contributed by atoms with E-state index >= 15 is 0 Å². The molecule has 2 unspecified atom stereocenters. The Hall–Kier alpha value is -5.23. The molecule has 7 amide bonds. The predicted molar refractivity (Wildman–Crippen MR) is 251 cm³/mol. The van der Waals surface area contributed by atoms with E-state index in [9.17, 15) is 47.9 Å². The van der Waals surface area contributed by atoms with Crippen molar-refractivity contribution >= 4 is 47.3 Å². The Morgan fingerprint density at radius 3 is 2.06 bits per heavy atom. The molecule has 1 aromatic rings. The van der Waals surface area contributed by atoms with Gasteiger partial charge in [-0.3, -0.25) is 38.5 Å². The number of carbonyl (C=O) groups is 8. The van der Waals surface area contributed by atoms with Crippen molar-refractivity contribution in [3.05, 3.63) is 47.8 Å². The van der Waals surface area contributed by atoms with Gasteiger partial charge in [0, 0.05) is 65.9 Å². The number of piperidine rings is 1. The third-order valence-corrected chi connectivity index (χ3v) is 14.2. The van der Waals surface area contributed by atoms with Crippen LogP contribution in [-0.2, 0) is 54.3 Å². The van der Waals surface area contributed by atoms with Crippen LogP contribution in [0.1, 0.15) is 105 Å². The van der Waals surface area contributed by atoms with E-state index in [2.05, 4.69) is 10.6 Å². The summed E-state index contributed by atoms with van der Waals surface area (Å²) in [6.07, 6.45) is 4.31. The number of rotatable bonds is 27. The summed E-state index contributed by atoms with van der Waals surface area (Å²) in [5, 5.41) is 15.5. The Bertz CT molecular complexity index is 2000. The number of methoxy groups -OCH3 is 2. The van der Waals surface area contributed by atoms with Gasteiger partial charge in [0.05, 0.1) is 36.6 Å². The topological polar surface area (TPSA) is 212 Å². The standard InChI is InChI=1S/C50H75FN6O11/c1-12-30(6)45(55(9)49(64)43(28(2)3)53-48(63)44(29(4)5)54(8)39(58)20-14-13-17-23-56-40(59)21-22-41(56)60)38(67-10)27-42(61)57-36-25-33(36)26-37(57)46(68-11)31(7)47(62)52-35(50(65)66)24-32-18-15-16-19-34(32)51/h15-16,18-19,21-22,28-31,33,35-38,43-46H,12-14,17,20,23-27H2,1-11H3,(H,52,62)(H,53,63)(H,65,66)/t30-,31+,33?,35-,36?,37-,38+,43-,44-,45-,46+/m0/s1. The summed E-state index contributed by atoms with van der Waals surface area (Å²) in [6.45, 7) is 13.1. The summed E-state index contributed by atoms with van der Waals surface area (Å²) in [4.78, 5) is 112. The maximum atomic E-state index is 14.6. The lowest BCUT2D eigenvalue weighted by Gasteiger charge is -2.41. The molecule has 68 heavy (non-hydrogen) atoms. The van der Waals surface area contributed by atoms with Crippen molar-refractivity contribution in [2.75, 3.05) is 34.9 Å². The average Bonchev–Trinajstić information content (AvgIpc) is 3.84. The maximum Gasteiger partial charge on any atom is 0.326 e. The first-order valence-electron chi connectivity index (χ1n) is 24.1. The molecule has 3 aliphatic rings. The number of ether oxygens (including phenoxy) is 2. The Balaban J connectivity index is 1.44. The lowest BCUT2D eigenvalue weighted by atomic mass is 9.89. The normalized spacial score (nSPS) is 21.1. The van der Waals surface area contributed by atoms with Crippen molar-refractivity contribution in [2.45, 2.75) is 155 Å². The smallest absolute Gasteiger partial charge is 0.326 e. The zero-order chi connectivity index (χ0) is 50.7. The van der Waals surface area contributed by atoms with E-state index in [0.29, 0.717) is 32.1 Å². The zero-order valence-corrected chi connectivity index (χ0v) is 41.7. The van der Waals surface area contributed by atoms with Crippen LogP contribution in [0, 0.1) is 35.4 Å². The highest BCUT2D eigenvalue weighted by Gasteiger charge is 2.57. The second-order valence-electron chi connectivity index (χ2n) is 19.6. The number of halogens is 1. The number of likely N-dealkylation sites (N-methyl/N-ethyl adjacent to an activating group) is 2. The number of benzene rings is 1. The summed E-state index contributed by atoms with van der Waals surface area (Å²) in [5.41, 5.74) is 0.147. The van der Waals surface area contributed by atoms with Crippen molar-refractivity contribution in [3.8, 4) is 0 Å². The molecule has 1 aliphatic carbocycles. The van der Waals surface area contributed by atoms with Crippen LogP contribution >= 0.6 is 0 Å². The molecular formula is C50H75FN6O11. The van der Waals surface area contributed by atoms with Gasteiger partial charge in [0.15, 0.2) is 0 Å². The number of fused-ring (bicyclic) bond motifs is 1. The number of nitrogens with zero attached hydrogens (tertiary/aromatic N) is 4. The fourth-order valence-electron chi connectivity index (χ4n) is 10.00. The number of carbonyl (C=O) groups excluding carboxylic acids is 7. The fourth-order valence-corrected chi connectivity index (χ4v) is 10.00. The van der Waals surface area contributed by atoms with E-state index in [4.69, 9.17) is 9.47 Å². The minimum Gasteiger partial charge on any atom is -0.480 e. The Kier molecular flexibility index (Phi) is 20.3. The molecule has 3 N–H and O–H groups in total. The second kappa shape index (κ2) is 24.9. The van der Waals surface area contributed by atoms with Crippen LogP contribution in [0.25, 0.3) is 0 Å². The summed E-state index contributed by atoms with van der Waals surface area (Å²) >= 11 is 0. The average molecular weight is 955 g/mol. The number of likely N-dealkylation sites (tertiary alicyclic amines) is 1. The van der Waals surface area contributed by atoms with Gasteiger partial charge in [-0.2, -0.15) is 0 Å². The van der Waals surface area contributed by atoms with Gasteiger partial charge in [-0.1, -0.05) is 79.5 Å². The van der Waals surface area contributed by atoms with E-state index in [1.807, 2.05) is 41.5 Å². The van der Waals surface area contributed by atoms with Crippen LogP contribution in [0.2, 0.25) is 0 Å². The number of aliphatic carboxylic acids is 1. The molecule has 0 bridgehead atoms. The van der Waals surface area contributed by atoms with Crippen molar-refractivity contribution in [3.63, 3.8) is 0 Å². The van der Waals surface area contributed by atoms with Crippen molar-refractivity contribution in [2.24, 2.45) is 29.6 Å². The SMILES string of the molecule is CC[C@H](C)[C@@H]([C@@H](CC(=O)N1C2CC2C[C@H]1[C@H](OC)[C@@H](C)C(=O)N[C@@H](Cc1ccccc1F)C(=O)O)OC)N(C)C(=O)[C@@H](NC(=O)[C@H](C(C)C)N(C)C(=O)CCCCCN1C(=O)C=CC1=O)C(C)C. The summed E-state index contributed by atoms with van der Waals surface area (Å²) in [6, 6.07) is 1.30. The van der Waals surface area contributed by atoms with Crippen LogP contribution in [0.15, 0.2) is 36.4 Å². The molecule has 11 atom stereocenters. The predicted octanol–water partition coefficient (Wildman–Crippen LogP) is 3.97. The quantitative estimate of drug-likeness (QED) is 0.0849. The molecule has 1 aromatic carbocycles. The first kappa shape index (κ1) is 55.4. The number of amides is 7. The van der Waals surface area contributed by atoms with Crippen LogP contribution < -0.4 is 10.6 Å². The number of hydrogen-bond donors (Lipinski definition) is 3. The van der Waals surface area contributed by atoms with Gasteiger partial charge >= 0.3 is 5.97 Å². The van der Waals surface area contributed by atoms with E-state index in [1.165, 1.54) is 49.5 Å². The first-order chi connectivity index (χ1) is 32.1. The van der Waals surface area contributed by atoms with Gasteiger partial charge in [-0.15, -0.1) is 0 Å². The minimum absolute atomic E-state index is 0.0805. The number of nitrogens with one attached hydrogen (secondary N) is 2. The van der Waals surface area contributed by atoms with Crippen LogP contribution in [-0.4, -0.2) is 155 Å². The summed E-state index contributed by atoms with van der Waals surface area (Å²) in [5.74, 6) is -6.07. The van der Waals surface area contributed by atoms with E-state index < -0.39 is 71.9 Å². The van der Waals surface area contributed by atoms with Crippen LogP contribution in [0.4, 0.5) is 4.39 Å². The fraction of sp³-hybridized carbons (Fsp3) is 0.680. The molecule has 1 saturated carbocycles. The Morgan fingerprint density at radius 1 is 0.853 bits per heavy atom. The number of carboxylic acids is 1. The van der Waals surface area contributed by atoms with Gasteiger partial charge in [0.1, 0.15) is 23.9 Å². The van der Waals surface area contributed by atoms with E-state index in [1.54, 1.807) is 36.9 Å². The highest BCUT2D eigenvalue weighted by atomic mass is 19.1. The highest BCUT2D eigenvalue weighted by Crippen LogP contribution is 2.50. The minimum atomic E-state index is -1.40. The molecule has 1 saturated heterocycles. The zero-order valence-electron chi connectivity index (χ0n) is 41.7. The lowest BCUT2D eigenvalue weighted by molar-refractivity contribution is -0.149. The molecule has 0 aromatic heterocycles. The number of hydrogen-bond acceptors (Lipinski definition) is 10.